The topological polar surface area (TPSA) is 66.8 Å². The molecule has 0 aromatic heterocycles. The number of ether oxygens (including phenoxy) is 1. The molecule has 1 heterocycles. The number of amides is 1. The Balaban J connectivity index is 2.23. The molecule has 0 unspecified atom stereocenters. The Labute approximate surface area is 134 Å². The molecule has 0 spiro atoms. The molecule has 2 aromatic rings. The molecule has 5 heteroatoms. The fourth-order valence-corrected chi connectivity index (χ4v) is 3.24. The molecule has 118 valence electrons. The van der Waals surface area contributed by atoms with Crippen LogP contribution in [-0.2, 0) is 4.79 Å². The number of fused-ring (bicyclic) bond motifs is 1. The van der Waals surface area contributed by atoms with Crippen molar-refractivity contribution in [2.45, 2.75) is 12.0 Å². The molecule has 1 aliphatic heterocycles. The van der Waals surface area contributed by atoms with Crippen LogP contribution in [0.3, 0.4) is 0 Å². The quantitative estimate of drug-likeness (QED) is 0.946. The van der Waals surface area contributed by atoms with E-state index in [1.807, 2.05) is 12.1 Å². The van der Waals surface area contributed by atoms with Gasteiger partial charge >= 0.3 is 5.97 Å². The van der Waals surface area contributed by atoms with E-state index in [4.69, 9.17) is 4.74 Å². The minimum absolute atomic E-state index is 0.186. The molecular weight excluding hydrogens is 294 g/mol. The number of carbonyl (C=O) groups excluding carboxylic acids is 1. The summed E-state index contributed by atoms with van der Waals surface area (Å²) in [6.07, 6.45) is 0. The van der Waals surface area contributed by atoms with E-state index < -0.39 is 17.9 Å². The lowest BCUT2D eigenvalue weighted by Gasteiger charge is -2.39. The maximum Gasteiger partial charge on any atom is 0.313 e. The maximum atomic E-state index is 12.7. The summed E-state index contributed by atoms with van der Waals surface area (Å²) >= 11 is 0. The van der Waals surface area contributed by atoms with E-state index in [1.165, 1.54) is 12.0 Å². The highest BCUT2D eigenvalue weighted by molar-refractivity contribution is 6.00. The van der Waals surface area contributed by atoms with Crippen LogP contribution < -0.4 is 4.74 Å². The van der Waals surface area contributed by atoms with Gasteiger partial charge in [0.2, 0.25) is 0 Å². The molecular formula is C18H17NO4. The van der Waals surface area contributed by atoms with E-state index in [-0.39, 0.29) is 5.91 Å². The van der Waals surface area contributed by atoms with E-state index in [9.17, 15) is 14.7 Å². The molecule has 1 aliphatic rings. The number of carboxylic acids is 1. The van der Waals surface area contributed by atoms with Gasteiger partial charge in [0.05, 0.1) is 13.2 Å². The summed E-state index contributed by atoms with van der Waals surface area (Å²) < 4.78 is 5.37. The minimum Gasteiger partial charge on any atom is -0.496 e. The average molecular weight is 311 g/mol. The van der Waals surface area contributed by atoms with Gasteiger partial charge in [-0.15, -0.1) is 0 Å². The summed E-state index contributed by atoms with van der Waals surface area (Å²) in [7, 11) is 3.17. The SMILES string of the molecule is COc1ccccc1[C@H]1[C@@H](C(=O)O)c2ccccc2C(=O)N1C. The van der Waals surface area contributed by atoms with Gasteiger partial charge in [-0.2, -0.15) is 0 Å². The zero-order valence-electron chi connectivity index (χ0n) is 12.9. The molecule has 0 radical (unpaired) electrons. The minimum atomic E-state index is -0.965. The van der Waals surface area contributed by atoms with Crippen LogP contribution in [0.1, 0.15) is 33.4 Å². The van der Waals surface area contributed by atoms with E-state index in [0.717, 1.165) is 0 Å². The van der Waals surface area contributed by atoms with Gasteiger partial charge in [-0.3, -0.25) is 9.59 Å². The van der Waals surface area contributed by atoms with Gasteiger partial charge in [0.15, 0.2) is 0 Å². The lowest BCUT2D eigenvalue weighted by Crippen LogP contribution is -2.42. The zero-order valence-corrected chi connectivity index (χ0v) is 12.9. The van der Waals surface area contributed by atoms with Crippen molar-refractivity contribution >= 4 is 11.9 Å². The molecule has 0 bridgehead atoms. The number of nitrogens with zero attached hydrogens (tertiary/aromatic N) is 1. The first-order valence-corrected chi connectivity index (χ1v) is 7.28. The average Bonchev–Trinajstić information content (AvgIpc) is 2.57. The number of rotatable bonds is 3. The predicted molar refractivity (Wildman–Crippen MR) is 84.6 cm³/mol. The summed E-state index contributed by atoms with van der Waals surface area (Å²) in [5.74, 6) is -1.42. The van der Waals surface area contributed by atoms with Crippen LogP contribution in [0.2, 0.25) is 0 Å². The fraction of sp³-hybridized carbons (Fsp3) is 0.222. The number of aliphatic carboxylic acids is 1. The van der Waals surface area contributed by atoms with Crippen LogP contribution in [0.5, 0.6) is 5.75 Å². The van der Waals surface area contributed by atoms with E-state index >= 15 is 0 Å². The normalized spacial score (nSPS) is 20.1. The van der Waals surface area contributed by atoms with Gasteiger partial charge in [-0.25, -0.2) is 0 Å². The second kappa shape index (κ2) is 5.76. The molecule has 0 aliphatic carbocycles. The largest absolute Gasteiger partial charge is 0.496 e. The number of para-hydroxylation sites is 1. The van der Waals surface area contributed by atoms with Crippen LogP contribution in [-0.4, -0.2) is 36.0 Å². The van der Waals surface area contributed by atoms with Gasteiger partial charge in [0, 0.05) is 18.2 Å². The third kappa shape index (κ3) is 2.34. The lowest BCUT2D eigenvalue weighted by atomic mass is 9.80. The molecule has 3 rings (SSSR count). The Bertz CT molecular complexity index is 771. The Kier molecular flexibility index (Phi) is 3.78. The number of hydrogen-bond donors (Lipinski definition) is 1. The van der Waals surface area contributed by atoms with Crippen molar-refractivity contribution in [3.8, 4) is 5.75 Å². The van der Waals surface area contributed by atoms with Crippen LogP contribution in [0.4, 0.5) is 0 Å². The third-order valence-electron chi connectivity index (χ3n) is 4.30. The summed E-state index contributed by atoms with van der Waals surface area (Å²) in [6.45, 7) is 0. The molecule has 23 heavy (non-hydrogen) atoms. The van der Waals surface area contributed by atoms with Crippen LogP contribution in [0, 0.1) is 0 Å². The van der Waals surface area contributed by atoms with Gasteiger partial charge in [-0.05, 0) is 17.7 Å². The number of carbonyl (C=O) groups is 2. The molecule has 1 amide bonds. The molecule has 0 fully saturated rings. The van der Waals surface area contributed by atoms with Crippen molar-refractivity contribution in [1.82, 2.24) is 4.90 Å². The van der Waals surface area contributed by atoms with Gasteiger partial charge in [-0.1, -0.05) is 36.4 Å². The summed E-state index contributed by atoms with van der Waals surface area (Å²) in [6, 6.07) is 13.5. The number of hydrogen-bond acceptors (Lipinski definition) is 3. The van der Waals surface area contributed by atoms with Crippen molar-refractivity contribution in [3.63, 3.8) is 0 Å². The molecule has 2 aromatic carbocycles. The zero-order chi connectivity index (χ0) is 16.6. The number of benzene rings is 2. The summed E-state index contributed by atoms with van der Waals surface area (Å²) in [4.78, 5) is 26.1. The Morgan fingerprint density at radius 3 is 2.35 bits per heavy atom. The number of methoxy groups -OCH3 is 1. The fourth-order valence-electron chi connectivity index (χ4n) is 3.24. The molecule has 0 saturated carbocycles. The highest BCUT2D eigenvalue weighted by Crippen LogP contribution is 2.44. The summed E-state index contributed by atoms with van der Waals surface area (Å²) in [5.41, 5.74) is 1.67. The van der Waals surface area contributed by atoms with Crippen LogP contribution >= 0.6 is 0 Å². The number of likely N-dealkylation sites (N-methyl/N-ethyl adjacent to an activating group) is 1. The second-order valence-electron chi connectivity index (χ2n) is 5.51. The first-order valence-electron chi connectivity index (χ1n) is 7.28. The Hall–Kier alpha value is -2.82. The first kappa shape index (κ1) is 15.1. The van der Waals surface area contributed by atoms with Crippen LogP contribution in [0.25, 0.3) is 0 Å². The molecule has 5 nitrogen and oxygen atoms in total. The van der Waals surface area contributed by atoms with Crippen molar-refractivity contribution in [1.29, 1.82) is 0 Å². The lowest BCUT2D eigenvalue weighted by molar-refractivity contribution is -0.140. The third-order valence-corrected chi connectivity index (χ3v) is 4.30. The standard InChI is InChI=1S/C18H17NO4/c1-19-16(13-9-5-6-10-14(13)23-2)15(18(21)22)11-7-3-4-8-12(11)17(19)20/h3-10,15-16H,1-2H3,(H,21,22)/t15-,16-/m0/s1. The Morgan fingerprint density at radius 2 is 1.70 bits per heavy atom. The van der Waals surface area contributed by atoms with Crippen molar-refractivity contribution < 1.29 is 19.4 Å². The smallest absolute Gasteiger partial charge is 0.313 e. The van der Waals surface area contributed by atoms with E-state index in [1.54, 1.807) is 43.4 Å². The highest BCUT2D eigenvalue weighted by Gasteiger charge is 2.43. The van der Waals surface area contributed by atoms with Crippen molar-refractivity contribution in [3.05, 3.63) is 65.2 Å². The molecule has 0 saturated heterocycles. The van der Waals surface area contributed by atoms with Gasteiger partial charge in [0.1, 0.15) is 11.7 Å². The van der Waals surface area contributed by atoms with E-state index in [2.05, 4.69) is 0 Å². The maximum absolute atomic E-state index is 12.7. The van der Waals surface area contributed by atoms with Gasteiger partial charge < -0.3 is 14.7 Å². The summed E-state index contributed by atoms with van der Waals surface area (Å²) in [5, 5.41) is 9.81. The first-order chi connectivity index (χ1) is 11.1. The van der Waals surface area contributed by atoms with Crippen LogP contribution in [0.15, 0.2) is 48.5 Å². The monoisotopic (exact) mass is 311 g/mol. The molecule has 1 N–H and O–H groups in total. The predicted octanol–water partition coefficient (Wildman–Crippen LogP) is 2.69. The van der Waals surface area contributed by atoms with Crippen molar-refractivity contribution in [2.75, 3.05) is 14.2 Å². The Morgan fingerprint density at radius 1 is 1.09 bits per heavy atom. The second-order valence-corrected chi connectivity index (χ2v) is 5.51. The van der Waals surface area contributed by atoms with Crippen molar-refractivity contribution in [2.24, 2.45) is 0 Å². The van der Waals surface area contributed by atoms with E-state index in [0.29, 0.717) is 22.4 Å². The highest BCUT2D eigenvalue weighted by atomic mass is 16.5. The number of carboxylic acid groups (broad SMARTS) is 1. The molecule has 2 atom stereocenters. The van der Waals surface area contributed by atoms with Gasteiger partial charge in [0.25, 0.3) is 5.91 Å².